The Bertz CT molecular complexity index is 178. The second kappa shape index (κ2) is 6.02. The molecule has 1 amide bonds. The normalized spacial score (nSPS) is 13.4. The van der Waals surface area contributed by atoms with E-state index in [2.05, 4.69) is 13.8 Å². The van der Waals surface area contributed by atoms with Crippen molar-refractivity contribution in [2.45, 2.75) is 40.7 Å². The number of nitrogens with two attached hydrogens (primary N) is 1. The van der Waals surface area contributed by atoms with Gasteiger partial charge in [-0.2, -0.15) is 0 Å². The third kappa shape index (κ3) is 3.66. The summed E-state index contributed by atoms with van der Waals surface area (Å²) in [4.78, 5) is 13.9. The summed E-state index contributed by atoms with van der Waals surface area (Å²) in [5.74, 6) is 0.700. The number of carbonyl (C=O) groups excluding carboxylic acids is 1. The Morgan fingerprint density at radius 3 is 2.00 bits per heavy atom. The van der Waals surface area contributed by atoms with E-state index in [0.29, 0.717) is 19.0 Å². The highest BCUT2D eigenvalue weighted by molar-refractivity contribution is 5.79. The van der Waals surface area contributed by atoms with Crippen molar-refractivity contribution in [2.24, 2.45) is 17.6 Å². The number of hydrogen-bond acceptors (Lipinski definition) is 2. The summed E-state index contributed by atoms with van der Waals surface area (Å²) < 4.78 is 0. The van der Waals surface area contributed by atoms with Crippen molar-refractivity contribution in [2.75, 3.05) is 13.1 Å². The van der Waals surface area contributed by atoms with Gasteiger partial charge in [-0.05, 0) is 19.8 Å². The first-order valence-electron chi connectivity index (χ1n) is 5.42. The van der Waals surface area contributed by atoms with Crippen molar-refractivity contribution in [3.05, 3.63) is 0 Å². The molecule has 0 aromatic carbocycles. The number of nitrogens with zero attached hydrogens (tertiary/aromatic N) is 1. The van der Waals surface area contributed by atoms with Gasteiger partial charge in [0.15, 0.2) is 0 Å². The van der Waals surface area contributed by atoms with Crippen LogP contribution in [0.15, 0.2) is 0 Å². The number of hydrogen-bond donors (Lipinski definition) is 1. The maximum Gasteiger partial charge on any atom is 0.225 e. The Labute approximate surface area is 87.6 Å². The van der Waals surface area contributed by atoms with E-state index in [-0.39, 0.29) is 17.9 Å². The predicted octanol–water partition coefficient (Wildman–Crippen LogP) is 1.47. The topological polar surface area (TPSA) is 46.3 Å². The van der Waals surface area contributed by atoms with Gasteiger partial charge in [-0.3, -0.25) is 4.79 Å². The smallest absolute Gasteiger partial charge is 0.225 e. The quantitative estimate of drug-likeness (QED) is 0.730. The van der Waals surface area contributed by atoms with E-state index in [1.54, 1.807) is 0 Å². The maximum absolute atomic E-state index is 12.0. The van der Waals surface area contributed by atoms with E-state index >= 15 is 0 Å². The van der Waals surface area contributed by atoms with E-state index in [4.69, 9.17) is 5.73 Å². The van der Waals surface area contributed by atoms with Gasteiger partial charge in [-0.1, -0.05) is 20.8 Å². The van der Waals surface area contributed by atoms with Crippen LogP contribution in [0.2, 0.25) is 0 Å². The van der Waals surface area contributed by atoms with Crippen LogP contribution in [0.4, 0.5) is 0 Å². The highest BCUT2D eigenvalue weighted by Gasteiger charge is 2.23. The molecule has 0 aliphatic heterocycles. The minimum Gasteiger partial charge on any atom is -0.339 e. The maximum atomic E-state index is 12.0. The lowest BCUT2D eigenvalue weighted by atomic mass is 9.96. The molecule has 0 fully saturated rings. The lowest BCUT2D eigenvalue weighted by molar-refractivity contribution is -0.137. The molecule has 0 rings (SSSR count). The highest BCUT2D eigenvalue weighted by atomic mass is 16.2. The summed E-state index contributed by atoms with van der Waals surface area (Å²) >= 11 is 0. The highest BCUT2D eigenvalue weighted by Crippen LogP contribution is 2.14. The minimum absolute atomic E-state index is 0.0870. The van der Waals surface area contributed by atoms with Crippen LogP contribution in [0, 0.1) is 11.8 Å². The van der Waals surface area contributed by atoms with Gasteiger partial charge in [0.05, 0.1) is 0 Å². The molecular formula is C11H24N2O. The van der Waals surface area contributed by atoms with Gasteiger partial charge >= 0.3 is 0 Å². The first kappa shape index (κ1) is 13.4. The molecule has 0 radical (unpaired) electrons. The van der Waals surface area contributed by atoms with Crippen molar-refractivity contribution in [1.29, 1.82) is 0 Å². The molecule has 0 heterocycles. The van der Waals surface area contributed by atoms with E-state index in [0.717, 1.165) is 0 Å². The van der Waals surface area contributed by atoms with Gasteiger partial charge in [0.1, 0.15) is 0 Å². The van der Waals surface area contributed by atoms with Gasteiger partial charge in [-0.25, -0.2) is 0 Å². The van der Waals surface area contributed by atoms with E-state index in [9.17, 15) is 4.79 Å². The largest absolute Gasteiger partial charge is 0.339 e. The SMILES string of the molecule is CC(C)C(C)C(=O)N(CCN)C(C)C. The first-order valence-corrected chi connectivity index (χ1v) is 5.42. The molecule has 14 heavy (non-hydrogen) atoms. The average molecular weight is 200 g/mol. The fourth-order valence-corrected chi connectivity index (χ4v) is 1.31. The molecule has 0 saturated carbocycles. The van der Waals surface area contributed by atoms with Crippen LogP contribution < -0.4 is 5.73 Å². The van der Waals surface area contributed by atoms with Crippen LogP contribution in [0.25, 0.3) is 0 Å². The summed E-state index contributed by atoms with van der Waals surface area (Å²) in [5, 5.41) is 0. The molecule has 0 aromatic rings. The average Bonchev–Trinajstić information content (AvgIpc) is 2.11. The number of rotatable bonds is 5. The third-order valence-corrected chi connectivity index (χ3v) is 2.67. The van der Waals surface area contributed by atoms with Crippen molar-refractivity contribution in [1.82, 2.24) is 4.90 Å². The van der Waals surface area contributed by atoms with Crippen LogP contribution in [0.5, 0.6) is 0 Å². The van der Waals surface area contributed by atoms with Crippen molar-refractivity contribution < 1.29 is 4.79 Å². The summed E-state index contributed by atoms with van der Waals surface area (Å²) in [6, 6.07) is 0.243. The van der Waals surface area contributed by atoms with Gasteiger partial charge < -0.3 is 10.6 Å². The van der Waals surface area contributed by atoms with E-state index < -0.39 is 0 Å². The third-order valence-electron chi connectivity index (χ3n) is 2.67. The number of amides is 1. The van der Waals surface area contributed by atoms with Crippen molar-refractivity contribution in [3.63, 3.8) is 0 Å². The Hall–Kier alpha value is -0.570. The van der Waals surface area contributed by atoms with Crippen LogP contribution in [-0.2, 0) is 4.79 Å². The molecule has 3 heteroatoms. The molecule has 0 spiro atoms. The lowest BCUT2D eigenvalue weighted by Crippen LogP contribution is -2.44. The monoisotopic (exact) mass is 200 g/mol. The second-order valence-corrected chi connectivity index (χ2v) is 4.45. The molecule has 0 aliphatic carbocycles. The Morgan fingerprint density at radius 2 is 1.71 bits per heavy atom. The van der Waals surface area contributed by atoms with Crippen molar-refractivity contribution >= 4 is 5.91 Å². The molecular weight excluding hydrogens is 176 g/mol. The number of carbonyl (C=O) groups is 1. The Kier molecular flexibility index (Phi) is 5.77. The molecule has 84 valence electrons. The Morgan fingerprint density at radius 1 is 1.21 bits per heavy atom. The standard InChI is InChI=1S/C11H24N2O/c1-8(2)10(5)11(14)13(7-6-12)9(3)4/h8-10H,6-7,12H2,1-5H3. The fraction of sp³-hybridized carbons (Fsp3) is 0.909. The van der Waals surface area contributed by atoms with Gasteiger partial charge in [0, 0.05) is 25.0 Å². The zero-order valence-electron chi connectivity index (χ0n) is 10.1. The van der Waals surface area contributed by atoms with Gasteiger partial charge in [-0.15, -0.1) is 0 Å². The van der Waals surface area contributed by atoms with E-state index in [1.165, 1.54) is 0 Å². The minimum atomic E-state index is 0.0870. The Balaban J connectivity index is 4.43. The van der Waals surface area contributed by atoms with Crippen LogP contribution in [0.3, 0.4) is 0 Å². The molecule has 1 atom stereocenters. The predicted molar refractivity (Wildman–Crippen MR) is 59.9 cm³/mol. The van der Waals surface area contributed by atoms with E-state index in [1.807, 2.05) is 25.7 Å². The molecule has 0 saturated heterocycles. The van der Waals surface area contributed by atoms with Crippen molar-refractivity contribution in [3.8, 4) is 0 Å². The molecule has 3 nitrogen and oxygen atoms in total. The summed E-state index contributed by atoms with van der Waals surface area (Å²) in [7, 11) is 0. The second-order valence-electron chi connectivity index (χ2n) is 4.45. The molecule has 2 N–H and O–H groups in total. The zero-order valence-corrected chi connectivity index (χ0v) is 10.1. The first-order chi connectivity index (χ1) is 6.41. The summed E-state index contributed by atoms with van der Waals surface area (Å²) in [5.41, 5.74) is 5.49. The van der Waals surface area contributed by atoms with Crippen LogP contribution in [-0.4, -0.2) is 29.9 Å². The van der Waals surface area contributed by atoms with Crippen LogP contribution >= 0.6 is 0 Å². The van der Waals surface area contributed by atoms with Crippen LogP contribution in [0.1, 0.15) is 34.6 Å². The molecule has 0 aliphatic rings. The molecule has 0 bridgehead atoms. The summed E-state index contributed by atoms with van der Waals surface area (Å²) in [6.07, 6.45) is 0. The lowest BCUT2D eigenvalue weighted by Gasteiger charge is -2.30. The molecule has 0 aromatic heterocycles. The van der Waals surface area contributed by atoms with Gasteiger partial charge in [0.2, 0.25) is 5.91 Å². The summed E-state index contributed by atoms with van der Waals surface area (Å²) in [6.45, 7) is 11.4. The van der Waals surface area contributed by atoms with Gasteiger partial charge in [0.25, 0.3) is 0 Å². The zero-order chi connectivity index (χ0) is 11.3. The molecule has 1 unspecified atom stereocenters. The fourth-order valence-electron chi connectivity index (χ4n) is 1.31.